The van der Waals surface area contributed by atoms with Gasteiger partial charge in [0, 0.05) is 39.3 Å². The van der Waals surface area contributed by atoms with Gasteiger partial charge in [-0.3, -0.25) is 0 Å². The van der Waals surface area contributed by atoms with Crippen LogP contribution in [0.15, 0.2) is 48.7 Å². The van der Waals surface area contributed by atoms with Crippen molar-refractivity contribution < 1.29 is 37.1 Å². The summed E-state index contributed by atoms with van der Waals surface area (Å²) in [4.78, 5) is 1.94. The molecule has 1 heterocycles. The average Bonchev–Trinajstić information content (AvgIpc) is 2.29. The quantitative estimate of drug-likeness (QED) is 0.757. The Morgan fingerprint density at radius 1 is 1.35 bits per heavy atom. The summed E-state index contributed by atoms with van der Waals surface area (Å²) < 4.78 is 13.7. The molecule has 1 aromatic carbocycles. The number of likely N-dealkylation sites (N-methyl/N-ethyl adjacent to an activating group) is 1. The van der Waals surface area contributed by atoms with E-state index in [1.54, 1.807) is 18.2 Å². The molecule has 2 rings (SSSR count). The van der Waals surface area contributed by atoms with Crippen LogP contribution in [0.3, 0.4) is 0 Å². The maximum atomic E-state index is 13.7. The van der Waals surface area contributed by atoms with Gasteiger partial charge in [0.2, 0.25) is 0 Å². The summed E-state index contributed by atoms with van der Waals surface area (Å²) in [7, 11) is 0. The van der Waals surface area contributed by atoms with Gasteiger partial charge in [0.15, 0.2) is 0 Å². The van der Waals surface area contributed by atoms with Gasteiger partial charge in [-0.05, 0) is 18.7 Å². The minimum atomic E-state index is -0.230. The average molecular weight is 303 g/mol. The van der Waals surface area contributed by atoms with Crippen molar-refractivity contribution in [3.05, 3.63) is 66.2 Å². The molecule has 1 aliphatic heterocycles. The van der Waals surface area contributed by atoms with E-state index in [0.717, 1.165) is 17.9 Å². The van der Waals surface area contributed by atoms with Gasteiger partial charge in [-0.15, -0.1) is 12.1 Å². The zero-order chi connectivity index (χ0) is 11.5. The zero-order valence-corrected chi connectivity index (χ0v) is 12.6. The third kappa shape index (κ3) is 2.94. The van der Waals surface area contributed by atoms with Gasteiger partial charge >= 0.3 is 0 Å². The van der Waals surface area contributed by atoms with Crippen molar-refractivity contribution in [1.29, 1.82) is 0 Å². The first-order valence-corrected chi connectivity index (χ1v) is 5.25. The molecule has 0 aliphatic carbocycles. The molecule has 0 bridgehead atoms. The van der Waals surface area contributed by atoms with Gasteiger partial charge in [-0.2, -0.15) is 12.2 Å². The minimum Gasteiger partial charge on any atom is -0.376 e. The SMILES string of the molecule is C=C1C=C[C-]=C(c2ccccc2F)N1CC.[Y]. The summed E-state index contributed by atoms with van der Waals surface area (Å²) in [6.45, 7) is 6.68. The number of nitrogens with zero attached hydrogens (tertiary/aromatic N) is 1. The van der Waals surface area contributed by atoms with Crippen molar-refractivity contribution in [2.75, 3.05) is 6.54 Å². The van der Waals surface area contributed by atoms with Crippen molar-refractivity contribution in [2.24, 2.45) is 0 Å². The largest absolute Gasteiger partial charge is 0.376 e. The van der Waals surface area contributed by atoms with Crippen LogP contribution in [0.4, 0.5) is 4.39 Å². The van der Waals surface area contributed by atoms with E-state index in [0.29, 0.717) is 5.56 Å². The maximum Gasteiger partial charge on any atom is 0.0781 e. The first-order valence-electron chi connectivity index (χ1n) is 5.25. The van der Waals surface area contributed by atoms with E-state index >= 15 is 0 Å². The summed E-state index contributed by atoms with van der Waals surface area (Å²) in [6.07, 6.45) is 6.71. The molecule has 0 amide bonds. The van der Waals surface area contributed by atoms with E-state index in [-0.39, 0.29) is 38.5 Å². The predicted molar refractivity (Wildman–Crippen MR) is 63.7 cm³/mol. The van der Waals surface area contributed by atoms with E-state index in [1.165, 1.54) is 6.07 Å². The van der Waals surface area contributed by atoms with Crippen LogP contribution in [0.1, 0.15) is 12.5 Å². The van der Waals surface area contributed by atoms with E-state index in [4.69, 9.17) is 0 Å². The van der Waals surface area contributed by atoms with E-state index in [2.05, 4.69) is 12.7 Å². The normalized spacial score (nSPS) is 14.4. The summed E-state index contributed by atoms with van der Waals surface area (Å²) in [5.41, 5.74) is 2.17. The summed E-state index contributed by atoms with van der Waals surface area (Å²) >= 11 is 0. The topological polar surface area (TPSA) is 3.24 Å². The van der Waals surface area contributed by atoms with Crippen LogP contribution in [-0.4, -0.2) is 11.4 Å². The Kier molecular flexibility index (Phi) is 5.29. The molecule has 0 atom stereocenters. The van der Waals surface area contributed by atoms with Crippen molar-refractivity contribution in [1.82, 2.24) is 4.90 Å². The Labute approximate surface area is 127 Å². The molecule has 0 unspecified atom stereocenters. The Morgan fingerprint density at radius 3 is 2.71 bits per heavy atom. The molecule has 0 aromatic heterocycles. The molecule has 0 spiro atoms. The van der Waals surface area contributed by atoms with Crippen LogP contribution >= 0.6 is 0 Å². The molecule has 1 aliphatic rings. The van der Waals surface area contributed by atoms with Gasteiger partial charge in [-0.25, -0.2) is 4.39 Å². The summed E-state index contributed by atoms with van der Waals surface area (Å²) in [5.74, 6) is -0.230. The third-order valence-electron chi connectivity index (χ3n) is 2.56. The predicted octanol–water partition coefficient (Wildman–Crippen LogP) is 3.37. The molecule has 0 fully saturated rings. The maximum absolute atomic E-state index is 13.7. The number of allylic oxidation sites excluding steroid dienone is 3. The fraction of sp³-hybridized carbons (Fsp3) is 0.143. The van der Waals surface area contributed by atoms with Crippen LogP contribution in [0.2, 0.25) is 0 Å². The van der Waals surface area contributed by atoms with Gasteiger partial charge in [0.25, 0.3) is 0 Å². The van der Waals surface area contributed by atoms with E-state index in [1.807, 2.05) is 24.0 Å². The van der Waals surface area contributed by atoms with Crippen LogP contribution in [0, 0.1) is 11.9 Å². The Bertz CT molecular complexity index is 477. The summed E-state index contributed by atoms with van der Waals surface area (Å²) in [6, 6.07) is 6.72. The van der Waals surface area contributed by atoms with Gasteiger partial charge in [0.1, 0.15) is 0 Å². The second-order valence-electron chi connectivity index (χ2n) is 3.54. The molecular formula is C14H13FNY-. The Hall–Kier alpha value is -0.726. The molecule has 0 saturated heterocycles. The number of halogens is 1. The number of rotatable bonds is 2. The van der Waals surface area contributed by atoms with Crippen LogP contribution in [0.25, 0.3) is 5.70 Å². The van der Waals surface area contributed by atoms with Gasteiger partial charge < -0.3 is 4.90 Å². The first-order chi connectivity index (χ1) is 7.74. The van der Waals surface area contributed by atoms with Crippen LogP contribution < -0.4 is 0 Å². The monoisotopic (exact) mass is 303 g/mol. The van der Waals surface area contributed by atoms with Crippen molar-refractivity contribution in [3.8, 4) is 0 Å². The second-order valence-corrected chi connectivity index (χ2v) is 3.54. The summed E-state index contributed by atoms with van der Waals surface area (Å²) in [5, 5.41) is 0. The standard InChI is InChI=1S/C14H13FN.Y/c1-3-16-11(2)7-6-10-14(16)12-8-4-5-9-13(12)15;/h4-9H,2-3H2,1H3;/q-1;. The fourth-order valence-corrected chi connectivity index (χ4v) is 1.77. The Morgan fingerprint density at radius 2 is 2.06 bits per heavy atom. The molecule has 3 heteroatoms. The molecule has 1 radical (unpaired) electrons. The Balaban J connectivity index is 0.00000144. The molecule has 1 nitrogen and oxygen atoms in total. The van der Waals surface area contributed by atoms with E-state index in [9.17, 15) is 4.39 Å². The minimum absolute atomic E-state index is 0. The molecule has 0 N–H and O–H groups in total. The van der Waals surface area contributed by atoms with E-state index < -0.39 is 0 Å². The number of hydrogen-bond acceptors (Lipinski definition) is 1. The molecule has 0 saturated carbocycles. The smallest absolute Gasteiger partial charge is 0.0781 e. The third-order valence-corrected chi connectivity index (χ3v) is 2.56. The zero-order valence-electron chi connectivity index (χ0n) is 9.78. The number of hydrogen-bond donors (Lipinski definition) is 0. The number of benzene rings is 1. The van der Waals surface area contributed by atoms with Crippen molar-refractivity contribution in [3.63, 3.8) is 0 Å². The van der Waals surface area contributed by atoms with Crippen LogP contribution in [0.5, 0.6) is 0 Å². The molecular weight excluding hydrogens is 290 g/mol. The second kappa shape index (κ2) is 6.27. The molecule has 85 valence electrons. The fourth-order valence-electron chi connectivity index (χ4n) is 1.77. The first kappa shape index (κ1) is 14.3. The van der Waals surface area contributed by atoms with Crippen molar-refractivity contribution >= 4 is 5.70 Å². The molecule has 17 heavy (non-hydrogen) atoms. The van der Waals surface area contributed by atoms with Gasteiger partial charge in [-0.1, -0.05) is 30.0 Å². The van der Waals surface area contributed by atoms with Crippen molar-refractivity contribution in [2.45, 2.75) is 6.92 Å². The molecule has 1 aromatic rings. The van der Waals surface area contributed by atoms with Gasteiger partial charge in [0.05, 0.1) is 5.82 Å². The van der Waals surface area contributed by atoms with Crippen LogP contribution in [-0.2, 0) is 32.7 Å².